The lowest BCUT2D eigenvalue weighted by molar-refractivity contribution is -0.150. The van der Waals surface area contributed by atoms with Crippen molar-refractivity contribution in [2.24, 2.45) is 28.9 Å². The molecule has 4 aliphatic carbocycles. The molecule has 2 heterocycles. The molecule has 1 saturated heterocycles. The molecule has 2 atom stereocenters. The van der Waals surface area contributed by atoms with Crippen molar-refractivity contribution in [2.75, 3.05) is 20.2 Å². The number of imide groups is 1. The highest BCUT2D eigenvalue weighted by Crippen LogP contribution is 2.62. The fourth-order valence-corrected chi connectivity index (χ4v) is 8.26. The topological polar surface area (TPSA) is 181 Å². The molecule has 0 aromatic carbocycles. The van der Waals surface area contributed by atoms with E-state index >= 15 is 0 Å². The fraction of sp³-hybridized carbons (Fsp3) is 0.733. The highest BCUT2D eigenvalue weighted by molar-refractivity contribution is 6.07. The van der Waals surface area contributed by atoms with Crippen molar-refractivity contribution in [1.29, 1.82) is 5.41 Å². The summed E-state index contributed by atoms with van der Waals surface area (Å²) in [6, 6.07) is -0.718. The van der Waals surface area contributed by atoms with Gasteiger partial charge in [0.05, 0.1) is 12.5 Å². The molecule has 1 aromatic heterocycles. The quantitative estimate of drug-likeness (QED) is 0.167. The van der Waals surface area contributed by atoms with Gasteiger partial charge in [-0.3, -0.25) is 33.8 Å². The van der Waals surface area contributed by atoms with Gasteiger partial charge in [0.1, 0.15) is 16.9 Å². The predicted octanol–water partition coefficient (Wildman–Crippen LogP) is 1.92. The number of nitrogens with one attached hydrogen (secondary N) is 1. The van der Waals surface area contributed by atoms with Crippen molar-refractivity contribution in [3.63, 3.8) is 0 Å². The molecule has 13 nitrogen and oxygen atoms in total. The first-order valence-corrected chi connectivity index (χ1v) is 15.6. The predicted molar refractivity (Wildman–Crippen MR) is 155 cm³/mol. The van der Waals surface area contributed by atoms with Gasteiger partial charge in [-0.1, -0.05) is 6.42 Å². The van der Waals surface area contributed by atoms with Crippen LogP contribution >= 0.6 is 0 Å². The summed E-state index contributed by atoms with van der Waals surface area (Å²) in [4.78, 5) is 68.4. The van der Waals surface area contributed by atoms with E-state index in [4.69, 9.17) is 15.9 Å². The van der Waals surface area contributed by atoms with Gasteiger partial charge in [0.2, 0.25) is 5.88 Å². The van der Waals surface area contributed by atoms with E-state index in [9.17, 15) is 29.1 Å². The maximum absolute atomic E-state index is 13.5. The van der Waals surface area contributed by atoms with Gasteiger partial charge in [0.15, 0.2) is 0 Å². The van der Waals surface area contributed by atoms with Crippen LogP contribution in [0.1, 0.15) is 89.2 Å². The number of likely N-dealkylation sites (N-methyl/N-ethyl adjacent to an activating group) is 1. The third-order valence-corrected chi connectivity index (χ3v) is 11.0. The normalized spacial score (nSPS) is 31.8. The van der Waals surface area contributed by atoms with Crippen LogP contribution in [0.2, 0.25) is 0 Å². The first-order chi connectivity index (χ1) is 20.4. The number of ether oxygens (including phenoxy) is 1. The van der Waals surface area contributed by atoms with Crippen LogP contribution in [0.15, 0.2) is 9.59 Å². The molecule has 4 N–H and O–H groups in total. The summed E-state index contributed by atoms with van der Waals surface area (Å²) in [6.07, 6.45) is 7.79. The number of carbonyl (C=O) groups excluding carboxylic acids is 3. The average molecular weight is 599 g/mol. The van der Waals surface area contributed by atoms with Gasteiger partial charge in [0, 0.05) is 26.2 Å². The fourth-order valence-electron chi connectivity index (χ4n) is 8.26. The molecule has 5 aliphatic rings. The van der Waals surface area contributed by atoms with Crippen LogP contribution in [0.3, 0.4) is 0 Å². The van der Waals surface area contributed by atoms with Crippen molar-refractivity contribution in [2.45, 2.75) is 95.7 Å². The highest BCUT2D eigenvalue weighted by atomic mass is 16.5. The number of urea groups is 1. The Labute approximate surface area is 249 Å². The smallest absolute Gasteiger partial charge is 0.334 e. The van der Waals surface area contributed by atoms with Gasteiger partial charge in [-0.25, -0.2) is 9.59 Å². The van der Waals surface area contributed by atoms with E-state index in [0.717, 1.165) is 25.7 Å². The molecule has 1 aliphatic heterocycles. The molecule has 13 heteroatoms. The van der Waals surface area contributed by atoms with Gasteiger partial charge < -0.3 is 20.5 Å². The third kappa shape index (κ3) is 4.66. The Morgan fingerprint density at radius 2 is 1.79 bits per heavy atom. The van der Waals surface area contributed by atoms with E-state index in [1.54, 1.807) is 11.8 Å². The van der Waals surface area contributed by atoms with Crippen LogP contribution < -0.4 is 17.0 Å². The minimum atomic E-state index is -0.889. The number of carbonyl (C=O) groups is 3. The molecular weight excluding hydrogens is 556 g/mol. The molecule has 2 spiro atoms. The Bertz CT molecular complexity index is 1480. The zero-order chi connectivity index (χ0) is 30.8. The van der Waals surface area contributed by atoms with E-state index in [-0.39, 0.29) is 53.2 Å². The van der Waals surface area contributed by atoms with E-state index < -0.39 is 34.5 Å². The van der Waals surface area contributed by atoms with Crippen LogP contribution in [-0.2, 0) is 20.9 Å². The molecule has 0 unspecified atom stereocenters. The lowest BCUT2D eigenvalue weighted by Gasteiger charge is -2.58. The minimum absolute atomic E-state index is 0.129. The second-order valence-electron chi connectivity index (χ2n) is 13.5. The van der Waals surface area contributed by atoms with Crippen LogP contribution in [0.4, 0.5) is 4.79 Å². The molecule has 3 amide bonds. The summed E-state index contributed by atoms with van der Waals surface area (Å²) < 4.78 is 7.51. The number of nitrogen functional groups attached to an aromatic ring is 1. The summed E-state index contributed by atoms with van der Waals surface area (Å²) >= 11 is 0. The number of amides is 3. The molecule has 0 bridgehead atoms. The van der Waals surface area contributed by atoms with Crippen molar-refractivity contribution in [1.82, 2.24) is 18.9 Å². The summed E-state index contributed by atoms with van der Waals surface area (Å²) in [6.45, 7) is 2.81. The number of amidine groups is 1. The summed E-state index contributed by atoms with van der Waals surface area (Å²) in [5, 5.41) is 18.7. The number of hydrogen-bond donors (Lipinski definition) is 3. The molecule has 4 saturated carbocycles. The van der Waals surface area contributed by atoms with Crippen molar-refractivity contribution in [3.05, 3.63) is 26.4 Å². The van der Waals surface area contributed by atoms with Gasteiger partial charge in [-0.05, 0) is 88.4 Å². The lowest BCUT2D eigenvalue weighted by atomic mass is 9.51. The Balaban J connectivity index is 1.16. The molecule has 1 aromatic rings. The first kappa shape index (κ1) is 29.4. The van der Waals surface area contributed by atoms with Gasteiger partial charge in [-0.2, -0.15) is 0 Å². The van der Waals surface area contributed by atoms with E-state index in [1.165, 1.54) is 21.1 Å². The maximum Gasteiger partial charge on any atom is 0.334 e. The Kier molecular flexibility index (Phi) is 7.20. The van der Waals surface area contributed by atoms with Crippen LogP contribution in [0, 0.1) is 28.6 Å². The Morgan fingerprint density at radius 1 is 1.12 bits per heavy atom. The standard InChI is InChI=1S/C30H42N6O7/c1-3-43-25(39)20-13-18(20)9-12-35-27(41)33(2)26(40)30(35)15-29(16-30)10-7-19(8-11-29)36-24(38)21(22(31)32)23(37)34(28(36)42)14-17-5-4-6-17/h17-20,37H,3-16H2,1-2H3,(H3,31,32)/t18-,19?,20-,29?,30?/m1/s1. The largest absolute Gasteiger partial charge is 0.494 e. The van der Waals surface area contributed by atoms with Crippen molar-refractivity contribution >= 4 is 23.7 Å². The summed E-state index contributed by atoms with van der Waals surface area (Å²) in [5.74, 6) is -1.23. The highest BCUT2D eigenvalue weighted by Gasteiger charge is 2.68. The van der Waals surface area contributed by atoms with Crippen molar-refractivity contribution < 1.29 is 24.2 Å². The van der Waals surface area contributed by atoms with E-state index in [1.807, 2.05) is 0 Å². The first-order valence-electron chi connectivity index (χ1n) is 15.6. The number of aromatic hydroxyl groups is 1. The van der Waals surface area contributed by atoms with E-state index in [2.05, 4.69) is 0 Å². The zero-order valence-electron chi connectivity index (χ0n) is 25.0. The Morgan fingerprint density at radius 3 is 2.37 bits per heavy atom. The monoisotopic (exact) mass is 598 g/mol. The zero-order valence-corrected chi connectivity index (χ0v) is 25.0. The second-order valence-corrected chi connectivity index (χ2v) is 13.5. The van der Waals surface area contributed by atoms with Crippen molar-refractivity contribution in [3.8, 4) is 5.88 Å². The number of aromatic nitrogens is 2. The van der Waals surface area contributed by atoms with Gasteiger partial charge in [-0.15, -0.1) is 0 Å². The van der Waals surface area contributed by atoms with Crippen LogP contribution in [0.25, 0.3) is 0 Å². The molecule has 234 valence electrons. The second kappa shape index (κ2) is 10.5. The number of rotatable bonds is 9. The van der Waals surface area contributed by atoms with Crippen LogP contribution in [-0.4, -0.2) is 73.5 Å². The maximum atomic E-state index is 13.5. The average Bonchev–Trinajstić information content (AvgIpc) is 3.67. The molecule has 5 fully saturated rings. The molecule has 6 rings (SSSR count). The number of esters is 1. The van der Waals surface area contributed by atoms with Gasteiger partial charge in [0.25, 0.3) is 11.5 Å². The van der Waals surface area contributed by atoms with Gasteiger partial charge >= 0.3 is 17.7 Å². The summed E-state index contributed by atoms with van der Waals surface area (Å²) in [7, 11) is 1.52. The van der Waals surface area contributed by atoms with E-state index in [0.29, 0.717) is 58.1 Å². The summed E-state index contributed by atoms with van der Waals surface area (Å²) in [5.41, 5.74) is 2.96. The number of nitrogens with two attached hydrogens (primary N) is 1. The van der Waals surface area contributed by atoms with Crippen LogP contribution in [0.5, 0.6) is 5.88 Å². The lowest BCUT2D eigenvalue weighted by Crippen LogP contribution is -2.64. The molecule has 43 heavy (non-hydrogen) atoms. The number of nitrogens with zero attached hydrogens (tertiary/aromatic N) is 4. The molecule has 0 radical (unpaired) electrons. The SMILES string of the molecule is CCOC(=O)[C@@H]1C[C@H]1CCN1C(=O)N(C)C(=O)C12CC1(CCC(n3c(=O)c(C(=N)N)c(O)n(CC4CCC4)c3=O)CC1)C2. The molecular formula is C30H42N6O7. The number of hydrogen-bond acceptors (Lipinski definition) is 8. The minimum Gasteiger partial charge on any atom is -0.494 e. The third-order valence-electron chi connectivity index (χ3n) is 11.0. The Hall–Kier alpha value is -3.64.